The molecule has 11 heteroatoms. The number of furan rings is 1. The zero-order valence-electron chi connectivity index (χ0n) is 20.3. The van der Waals surface area contributed by atoms with Gasteiger partial charge in [0.1, 0.15) is 11.5 Å². The number of ether oxygens (including phenoxy) is 1. The lowest BCUT2D eigenvalue weighted by molar-refractivity contribution is 0.0997. The van der Waals surface area contributed by atoms with Gasteiger partial charge in [0.15, 0.2) is 17.2 Å². The Morgan fingerprint density at radius 3 is 2.73 bits per heavy atom. The van der Waals surface area contributed by atoms with Gasteiger partial charge >= 0.3 is 0 Å². The van der Waals surface area contributed by atoms with Crippen molar-refractivity contribution in [3.05, 3.63) is 59.8 Å². The highest BCUT2D eigenvalue weighted by molar-refractivity contribution is 6.05. The molecule has 0 unspecified atom stereocenters. The molecule has 0 saturated carbocycles. The summed E-state index contributed by atoms with van der Waals surface area (Å²) < 4.78 is 17.3. The number of rotatable bonds is 5. The van der Waals surface area contributed by atoms with Gasteiger partial charge in [-0.25, -0.2) is 4.98 Å². The van der Waals surface area contributed by atoms with Crippen LogP contribution in [-0.2, 0) is 4.74 Å². The van der Waals surface area contributed by atoms with Gasteiger partial charge in [-0.2, -0.15) is 4.98 Å². The van der Waals surface area contributed by atoms with E-state index in [0.29, 0.717) is 73.8 Å². The number of aryl methyl sites for hydroxylation is 1. The van der Waals surface area contributed by atoms with Gasteiger partial charge in [-0.3, -0.25) is 9.78 Å². The second kappa shape index (κ2) is 9.58. The SMILES string of the molecule is Cc1cc(-c2ccc(C(=O)Nc3cc4oc(N5CCOCC5)nc4nc3N3CCC=C(O)C3)o2)ccn1. The largest absolute Gasteiger partial charge is 0.511 e. The summed E-state index contributed by atoms with van der Waals surface area (Å²) in [5.74, 6) is 1.05. The standard InChI is InChI=1S/C26H26N6O5/c1-16-13-17(6-7-27-16)20-4-5-21(36-20)25(34)28-19-14-22-23(29-24(19)32-8-2-3-18(33)15-32)30-26(37-22)31-9-11-35-12-10-31/h3-7,13-14,33H,2,8-12,15H2,1H3,(H,28,34). The number of hydrogen-bond acceptors (Lipinski definition) is 10. The molecule has 0 aromatic carbocycles. The first kappa shape index (κ1) is 23.0. The van der Waals surface area contributed by atoms with Crippen molar-refractivity contribution in [3.63, 3.8) is 0 Å². The van der Waals surface area contributed by atoms with Gasteiger partial charge in [0.25, 0.3) is 11.9 Å². The minimum Gasteiger partial charge on any atom is -0.511 e. The summed E-state index contributed by atoms with van der Waals surface area (Å²) in [7, 11) is 0. The smallest absolute Gasteiger partial charge is 0.300 e. The van der Waals surface area contributed by atoms with Crippen molar-refractivity contribution in [3.8, 4) is 11.3 Å². The Morgan fingerprint density at radius 2 is 1.92 bits per heavy atom. The molecule has 0 atom stereocenters. The number of aliphatic hydroxyl groups is 1. The zero-order valence-corrected chi connectivity index (χ0v) is 20.3. The first-order chi connectivity index (χ1) is 18.0. The Balaban J connectivity index is 1.33. The molecule has 6 rings (SSSR count). The van der Waals surface area contributed by atoms with Crippen LogP contribution in [0.1, 0.15) is 22.7 Å². The van der Waals surface area contributed by atoms with Crippen molar-refractivity contribution < 1.29 is 23.5 Å². The molecule has 1 fully saturated rings. The van der Waals surface area contributed by atoms with Crippen LogP contribution in [0.25, 0.3) is 22.6 Å². The van der Waals surface area contributed by atoms with E-state index < -0.39 is 5.91 Å². The van der Waals surface area contributed by atoms with Crippen LogP contribution < -0.4 is 15.1 Å². The number of aliphatic hydroxyl groups excluding tert-OH is 1. The number of nitrogens with zero attached hydrogens (tertiary/aromatic N) is 5. The predicted molar refractivity (Wildman–Crippen MR) is 137 cm³/mol. The maximum Gasteiger partial charge on any atom is 0.300 e. The summed E-state index contributed by atoms with van der Waals surface area (Å²) in [6.07, 6.45) is 4.14. The zero-order chi connectivity index (χ0) is 25.4. The number of morpholine rings is 1. The molecule has 4 aromatic rings. The van der Waals surface area contributed by atoms with Crippen molar-refractivity contribution in [2.75, 3.05) is 54.5 Å². The number of carbonyl (C=O) groups excluding carboxylic acids is 1. The molecule has 0 spiro atoms. The summed E-state index contributed by atoms with van der Waals surface area (Å²) in [4.78, 5) is 30.6. The van der Waals surface area contributed by atoms with E-state index in [9.17, 15) is 9.90 Å². The van der Waals surface area contributed by atoms with Crippen LogP contribution in [0.2, 0.25) is 0 Å². The number of pyridine rings is 2. The lowest BCUT2D eigenvalue weighted by atomic mass is 10.2. The molecule has 11 nitrogen and oxygen atoms in total. The molecule has 2 aliphatic heterocycles. The highest BCUT2D eigenvalue weighted by Crippen LogP contribution is 2.33. The van der Waals surface area contributed by atoms with Gasteiger partial charge in [-0.1, -0.05) is 0 Å². The third kappa shape index (κ3) is 4.73. The molecule has 6 heterocycles. The molecule has 0 aliphatic carbocycles. The third-order valence-corrected chi connectivity index (χ3v) is 6.32. The van der Waals surface area contributed by atoms with E-state index in [2.05, 4.69) is 15.3 Å². The monoisotopic (exact) mass is 502 g/mol. The molecule has 2 aliphatic rings. The number of amides is 1. The fraction of sp³-hybridized carbons (Fsp3) is 0.308. The van der Waals surface area contributed by atoms with Crippen LogP contribution in [0.5, 0.6) is 0 Å². The Hall–Kier alpha value is -4.38. The van der Waals surface area contributed by atoms with E-state index in [1.165, 1.54) is 0 Å². The molecule has 37 heavy (non-hydrogen) atoms. The minimum absolute atomic E-state index is 0.156. The first-order valence-electron chi connectivity index (χ1n) is 12.1. The highest BCUT2D eigenvalue weighted by Gasteiger charge is 2.24. The molecule has 0 radical (unpaired) electrons. The summed E-state index contributed by atoms with van der Waals surface area (Å²) in [6.45, 7) is 5.35. The van der Waals surface area contributed by atoms with Crippen LogP contribution in [0.15, 0.2) is 57.2 Å². The second-order valence-electron chi connectivity index (χ2n) is 8.99. The van der Waals surface area contributed by atoms with E-state index in [1.54, 1.807) is 30.5 Å². The maximum absolute atomic E-state index is 13.2. The minimum atomic E-state index is -0.427. The first-order valence-corrected chi connectivity index (χ1v) is 12.1. The number of anilines is 3. The molecule has 190 valence electrons. The van der Waals surface area contributed by atoms with Gasteiger partial charge in [0.05, 0.1) is 25.4 Å². The van der Waals surface area contributed by atoms with E-state index in [0.717, 1.165) is 11.3 Å². The highest BCUT2D eigenvalue weighted by atomic mass is 16.5. The van der Waals surface area contributed by atoms with Crippen LogP contribution in [-0.4, -0.2) is 65.4 Å². The summed E-state index contributed by atoms with van der Waals surface area (Å²) in [5, 5.41) is 13.1. The van der Waals surface area contributed by atoms with E-state index in [1.807, 2.05) is 28.9 Å². The molecule has 0 bridgehead atoms. The second-order valence-corrected chi connectivity index (χ2v) is 8.99. The van der Waals surface area contributed by atoms with E-state index >= 15 is 0 Å². The fourth-order valence-corrected chi connectivity index (χ4v) is 4.47. The third-order valence-electron chi connectivity index (χ3n) is 6.32. The van der Waals surface area contributed by atoms with Gasteiger partial charge in [-0.15, -0.1) is 0 Å². The number of aromatic nitrogens is 3. The predicted octanol–water partition coefficient (Wildman–Crippen LogP) is 3.93. The van der Waals surface area contributed by atoms with Crippen LogP contribution in [0, 0.1) is 6.92 Å². The van der Waals surface area contributed by atoms with Crippen molar-refractivity contribution in [1.82, 2.24) is 15.0 Å². The van der Waals surface area contributed by atoms with Gasteiger partial charge in [0, 0.05) is 43.2 Å². The van der Waals surface area contributed by atoms with Gasteiger partial charge < -0.3 is 33.8 Å². The van der Waals surface area contributed by atoms with Crippen molar-refractivity contribution in [2.45, 2.75) is 13.3 Å². The Bertz CT molecular complexity index is 1490. The normalized spacial score (nSPS) is 16.2. The average Bonchev–Trinajstić information content (AvgIpc) is 3.56. The van der Waals surface area contributed by atoms with Gasteiger partial charge in [-0.05, 0) is 43.7 Å². The fourth-order valence-electron chi connectivity index (χ4n) is 4.47. The molecular weight excluding hydrogens is 476 g/mol. The molecule has 4 aromatic heterocycles. The van der Waals surface area contributed by atoms with Gasteiger partial charge in [0.2, 0.25) is 5.65 Å². The summed E-state index contributed by atoms with van der Waals surface area (Å²) in [6, 6.07) is 9.29. The number of hydrogen-bond donors (Lipinski definition) is 2. The quantitative estimate of drug-likeness (QED) is 0.414. The summed E-state index contributed by atoms with van der Waals surface area (Å²) >= 11 is 0. The number of nitrogens with one attached hydrogen (secondary N) is 1. The van der Waals surface area contributed by atoms with Crippen LogP contribution in [0.4, 0.5) is 17.5 Å². The Kier molecular flexibility index (Phi) is 5.97. The van der Waals surface area contributed by atoms with Crippen LogP contribution >= 0.6 is 0 Å². The maximum atomic E-state index is 13.2. The number of fused-ring (bicyclic) bond motifs is 1. The van der Waals surface area contributed by atoms with E-state index in [-0.39, 0.29) is 18.1 Å². The average molecular weight is 503 g/mol. The van der Waals surface area contributed by atoms with Crippen molar-refractivity contribution in [1.29, 1.82) is 0 Å². The van der Waals surface area contributed by atoms with Crippen molar-refractivity contribution >= 4 is 34.7 Å². The van der Waals surface area contributed by atoms with Crippen LogP contribution in [0.3, 0.4) is 0 Å². The van der Waals surface area contributed by atoms with Crippen molar-refractivity contribution in [2.24, 2.45) is 0 Å². The molecule has 2 N–H and O–H groups in total. The summed E-state index contributed by atoms with van der Waals surface area (Å²) in [5.41, 5.74) is 3.01. The molecule has 1 amide bonds. The Labute approximate surface area is 212 Å². The van der Waals surface area contributed by atoms with E-state index in [4.69, 9.17) is 18.6 Å². The molecular formula is C26H26N6O5. The lowest BCUT2D eigenvalue weighted by Gasteiger charge is -2.27. The number of oxazole rings is 1. The number of carbonyl (C=O) groups is 1. The molecule has 1 saturated heterocycles. The topological polar surface area (TPSA) is 130 Å². The Morgan fingerprint density at radius 1 is 1.05 bits per heavy atom. The lowest BCUT2D eigenvalue weighted by Crippen LogP contribution is -2.36.